The topological polar surface area (TPSA) is 84.2 Å². The van der Waals surface area contributed by atoms with Gasteiger partial charge in [-0.05, 0) is 18.8 Å². The Hall–Kier alpha value is -1.10. The first-order valence-corrected chi connectivity index (χ1v) is 7.30. The third kappa shape index (κ3) is 6.05. The van der Waals surface area contributed by atoms with E-state index in [-0.39, 0.29) is 23.8 Å². The molecule has 19 heavy (non-hydrogen) atoms. The van der Waals surface area contributed by atoms with Gasteiger partial charge in [-0.3, -0.25) is 9.59 Å². The number of carbonyl (C=O) groups excluding carboxylic acids is 2. The van der Waals surface area contributed by atoms with E-state index in [1.54, 1.807) is 0 Å². The molecule has 1 aliphatic rings. The van der Waals surface area contributed by atoms with Crippen LogP contribution < -0.4 is 16.4 Å². The maximum atomic E-state index is 11.9. The summed E-state index contributed by atoms with van der Waals surface area (Å²) in [5.74, 6) is 0.358. The number of nitrogens with two attached hydrogens (primary N) is 1. The molecular weight excluding hydrogens is 242 g/mol. The van der Waals surface area contributed by atoms with E-state index in [2.05, 4.69) is 10.6 Å². The Morgan fingerprint density at radius 2 is 1.89 bits per heavy atom. The maximum absolute atomic E-state index is 11.9. The van der Waals surface area contributed by atoms with Crippen molar-refractivity contribution in [2.24, 2.45) is 17.6 Å². The van der Waals surface area contributed by atoms with Crippen molar-refractivity contribution in [2.45, 2.75) is 52.0 Å². The normalized spacial score (nSPS) is 23.2. The van der Waals surface area contributed by atoms with Crippen molar-refractivity contribution in [3.05, 3.63) is 0 Å². The van der Waals surface area contributed by atoms with Gasteiger partial charge in [-0.15, -0.1) is 0 Å². The molecule has 5 nitrogen and oxygen atoms in total. The van der Waals surface area contributed by atoms with Gasteiger partial charge >= 0.3 is 0 Å². The number of amides is 2. The molecule has 5 heteroatoms. The molecule has 0 aromatic heterocycles. The van der Waals surface area contributed by atoms with Gasteiger partial charge < -0.3 is 16.4 Å². The van der Waals surface area contributed by atoms with Crippen molar-refractivity contribution >= 4 is 11.8 Å². The Labute approximate surface area is 115 Å². The van der Waals surface area contributed by atoms with Gasteiger partial charge in [0.1, 0.15) is 0 Å². The quantitative estimate of drug-likeness (QED) is 0.666. The molecule has 0 bridgehead atoms. The minimum absolute atomic E-state index is 0.00357. The van der Waals surface area contributed by atoms with Gasteiger partial charge in [0, 0.05) is 25.6 Å². The molecule has 2 amide bonds. The van der Waals surface area contributed by atoms with Gasteiger partial charge in [-0.2, -0.15) is 0 Å². The Kier molecular flexibility index (Phi) is 6.84. The predicted octanol–water partition coefficient (Wildman–Crippen LogP) is 0.782. The Bertz CT molecular complexity index is 305. The van der Waals surface area contributed by atoms with Crippen molar-refractivity contribution in [1.29, 1.82) is 0 Å². The second kappa shape index (κ2) is 8.15. The van der Waals surface area contributed by atoms with Crippen LogP contribution in [-0.4, -0.2) is 30.9 Å². The molecule has 0 aromatic carbocycles. The summed E-state index contributed by atoms with van der Waals surface area (Å²) in [7, 11) is 0. The molecule has 4 N–H and O–H groups in total. The van der Waals surface area contributed by atoms with Crippen LogP contribution in [0.25, 0.3) is 0 Å². The molecular formula is C14H27N3O2. The highest BCUT2D eigenvalue weighted by Crippen LogP contribution is 2.22. The molecule has 110 valence electrons. The first-order valence-electron chi connectivity index (χ1n) is 7.30. The van der Waals surface area contributed by atoms with Crippen molar-refractivity contribution < 1.29 is 9.59 Å². The number of hydrogen-bond acceptors (Lipinski definition) is 3. The molecule has 0 spiro atoms. The molecule has 2 atom stereocenters. The SMILES string of the molecule is CC(C)CNC(=O)CCNC(=O)C1CCCCC1N. The van der Waals surface area contributed by atoms with E-state index in [0.29, 0.717) is 25.4 Å². The maximum Gasteiger partial charge on any atom is 0.224 e. The number of rotatable bonds is 6. The average Bonchev–Trinajstić information content (AvgIpc) is 2.36. The highest BCUT2D eigenvalue weighted by molar-refractivity contribution is 5.81. The number of hydrogen-bond donors (Lipinski definition) is 3. The molecule has 1 fully saturated rings. The van der Waals surface area contributed by atoms with E-state index in [1.807, 2.05) is 13.8 Å². The summed E-state index contributed by atoms with van der Waals surface area (Å²) in [5.41, 5.74) is 5.95. The fourth-order valence-corrected chi connectivity index (χ4v) is 2.32. The number of nitrogens with one attached hydrogen (secondary N) is 2. The van der Waals surface area contributed by atoms with Crippen LogP contribution in [0.1, 0.15) is 46.0 Å². The molecule has 2 unspecified atom stereocenters. The lowest BCUT2D eigenvalue weighted by molar-refractivity contribution is -0.126. The Morgan fingerprint density at radius 3 is 2.53 bits per heavy atom. The van der Waals surface area contributed by atoms with E-state index >= 15 is 0 Å². The molecule has 1 aliphatic carbocycles. The lowest BCUT2D eigenvalue weighted by Crippen LogP contribution is -2.44. The van der Waals surface area contributed by atoms with E-state index in [0.717, 1.165) is 25.7 Å². The Morgan fingerprint density at radius 1 is 1.21 bits per heavy atom. The minimum Gasteiger partial charge on any atom is -0.356 e. The van der Waals surface area contributed by atoms with Gasteiger partial charge in [0.25, 0.3) is 0 Å². The van der Waals surface area contributed by atoms with E-state index in [4.69, 9.17) is 5.73 Å². The molecule has 0 radical (unpaired) electrons. The molecule has 0 heterocycles. The van der Waals surface area contributed by atoms with Gasteiger partial charge in [-0.1, -0.05) is 26.7 Å². The van der Waals surface area contributed by atoms with Crippen LogP contribution in [0.5, 0.6) is 0 Å². The third-order valence-electron chi connectivity index (χ3n) is 3.51. The van der Waals surface area contributed by atoms with Crippen LogP contribution in [-0.2, 0) is 9.59 Å². The molecule has 0 aliphatic heterocycles. The van der Waals surface area contributed by atoms with Gasteiger partial charge in [-0.25, -0.2) is 0 Å². The zero-order valence-corrected chi connectivity index (χ0v) is 12.1. The first kappa shape index (κ1) is 16.0. The Balaban J connectivity index is 2.17. The fraction of sp³-hybridized carbons (Fsp3) is 0.857. The summed E-state index contributed by atoms with van der Waals surface area (Å²) in [4.78, 5) is 23.4. The predicted molar refractivity (Wildman–Crippen MR) is 75.4 cm³/mol. The van der Waals surface area contributed by atoms with Crippen molar-refractivity contribution in [3.63, 3.8) is 0 Å². The van der Waals surface area contributed by atoms with Crippen LogP contribution >= 0.6 is 0 Å². The van der Waals surface area contributed by atoms with Crippen LogP contribution in [0.15, 0.2) is 0 Å². The highest BCUT2D eigenvalue weighted by Gasteiger charge is 2.27. The van der Waals surface area contributed by atoms with Crippen molar-refractivity contribution in [3.8, 4) is 0 Å². The van der Waals surface area contributed by atoms with Gasteiger partial charge in [0.15, 0.2) is 0 Å². The summed E-state index contributed by atoms with van der Waals surface area (Å²) in [6, 6.07) is -0.0245. The fourth-order valence-electron chi connectivity index (χ4n) is 2.32. The van der Waals surface area contributed by atoms with Crippen LogP contribution in [0, 0.1) is 11.8 Å². The van der Waals surface area contributed by atoms with Crippen molar-refractivity contribution in [2.75, 3.05) is 13.1 Å². The summed E-state index contributed by atoms with van der Waals surface area (Å²) in [5, 5.41) is 5.65. The standard InChI is InChI=1S/C14H27N3O2/c1-10(2)9-17-13(18)7-8-16-14(19)11-5-3-4-6-12(11)15/h10-12H,3-9,15H2,1-2H3,(H,16,19)(H,17,18). The van der Waals surface area contributed by atoms with Crippen LogP contribution in [0.2, 0.25) is 0 Å². The molecule has 1 saturated carbocycles. The zero-order chi connectivity index (χ0) is 14.3. The molecule has 0 saturated heterocycles. The van der Waals surface area contributed by atoms with E-state index < -0.39 is 0 Å². The minimum atomic E-state index is -0.0764. The third-order valence-corrected chi connectivity index (χ3v) is 3.51. The van der Waals surface area contributed by atoms with Crippen LogP contribution in [0.4, 0.5) is 0 Å². The summed E-state index contributed by atoms with van der Waals surface area (Å²) < 4.78 is 0. The molecule has 0 aromatic rings. The summed E-state index contributed by atoms with van der Waals surface area (Å²) in [6.07, 6.45) is 4.31. The first-order chi connectivity index (χ1) is 9.00. The summed E-state index contributed by atoms with van der Waals surface area (Å²) in [6.45, 7) is 5.17. The molecule has 1 rings (SSSR count). The lowest BCUT2D eigenvalue weighted by Gasteiger charge is -2.27. The zero-order valence-electron chi connectivity index (χ0n) is 12.1. The van der Waals surface area contributed by atoms with Gasteiger partial charge in [0.2, 0.25) is 11.8 Å². The van der Waals surface area contributed by atoms with E-state index in [1.165, 1.54) is 0 Å². The second-order valence-corrected chi connectivity index (χ2v) is 5.79. The lowest BCUT2D eigenvalue weighted by atomic mass is 9.84. The monoisotopic (exact) mass is 269 g/mol. The summed E-state index contributed by atoms with van der Waals surface area (Å²) >= 11 is 0. The smallest absolute Gasteiger partial charge is 0.224 e. The largest absolute Gasteiger partial charge is 0.356 e. The van der Waals surface area contributed by atoms with Crippen LogP contribution in [0.3, 0.4) is 0 Å². The average molecular weight is 269 g/mol. The van der Waals surface area contributed by atoms with Crippen molar-refractivity contribution in [1.82, 2.24) is 10.6 Å². The highest BCUT2D eigenvalue weighted by atomic mass is 16.2. The van der Waals surface area contributed by atoms with Gasteiger partial charge in [0.05, 0.1) is 5.92 Å². The number of carbonyl (C=O) groups is 2. The second-order valence-electron chi connectivity index (χ2n) is 5.79. The van der Waals surface area contributed by atoms with E-state index in [9.17, 15) is 9.59 Å².